The van der Waals surface area contributed by atoms with E-state index in [1.54, 1.807) is 0 Å². The van der Waals surface area contributed by atoms with Gasteiger partial charge in [0.15, 0.2) is 25.0 Å². The second-order valence-corrected chi connectivity index (χ2v) is 25.6. The normalized spacial score (nSPS) is 26.3. The van der Waals surface area contributed by atoms with E-state index in [1.807, 2.05) is 0 Å². The molecule has 0 bridgehead atoms. The molecule has 0 saturated carbocycles. The van der Waals surface area contributed by atoms with Crippen LogP contribution in [0.3, 0.4) is 0 Å². The quantitative estimate of drug-likeness (QED) is 0.0199. The summed E-state index contributed by atoms with van der Waals surface area (Å²) in [6, 6.07) is -3.47. The first-order chi connectivity index (χ1) is 46.4. The van der Waals surface area contributed by atoms with Gasteiger partial charge < -0.3 is 141 Å². The van der Waals surface area contributed by atoms with Gasteiger partial charge in [-0.15, -0.1) is 0 Å². The van der Waals surface area contributed by atoms with Crippen LogP contribution in [-0.4, -0.2) is 335 Å². The Labute approximate surface area is 566 Å². The first kappa shape index (κ1) is 86.4. The van der Waals surface area contributed by atoms with Crippen LogP contribution in [0.5, 0.6) is 0 Å². The Kier molecular flexibility index (Phi) is 40.5. The third-order valence-corrected chi connectivity index (χ3v) is 16.1. The number of amides is 10. The Bertz CT molecular complexity index is 2550. The summed E-state index contributed by atoms with van der Waals surface area (Å²) < 4.78 is 50.2. The third-order valence-electron chi connectivity index (χ3n) is 15.5. The topological polar surface area (TPSA) is 578 Å². The highest BCUT2D eigenvalue weighted by molar-refractivity contribution is 7.51. The van der Waals surface area contributed by atoms with E-state index in [9.17, 15) is 108 Å². The molecule has 0 aromatic heterocycles. The van der Waals surface area contributed by atoms with Crippen molar-refractivity contribution in [1.82, 2.24) is 52.3 Å². The van der Waals surface area contributed by atoms with Crippen LogP contribution in [0.4, 0.5) is 0 Å². The highest BCUT2D eigenvalue weighted by Gasteiger charge is 2.48. The van der Waals surface area contributed by atoms with Crippen LogP contribution in [0.25, 0.3) is 0 Å². The zero-order valence-corrected chi connectivity index (χ0v) is 56.5. The van der Waals surface area contributed by atoms with Crippen LogP contribution in [0, 0.1) is 0 Å². The van der Waals surface area contributed by atoms with Gasteiger partial charge in [-0.1, -0.05) is 0 Å². The zero-order chi connectivity index (χ0) is 73.1. The van der Waals surface area contributed by atoms with Gasteiger partial charge >= 0.3 is 7.60 Å². The van der Waals surface area contributed by atoms with Gasteiger partial charge in [0.2, 0.25) is 53.2 Å². The molecule has 0 radical (unpaired) electrons. The second-order valence-electron chi connectivity index (χ2n) is 23.7. The van der Waals surface area contributed by atoms with Gasteiger partial charge in [0.1, 0.15) is 73.1 Å². The number of hydrogen-bond donors (Lipinski definition) is 19. The van der Waals surface area contributed by atoms with Crippen LogP contribution in [0.2, 0.25) is 0 Å². The maximum absolute atomic E-state index is 13.8. The SMILES string of the molecule is CC(=O)NC1[C@H](OCCCCC(=O)NCC(=O)NCCCN(CCCN(CCCNC(=O)CNC(=O)CCCCO[C@@H]2OC(CO)[C@H](O)[C@H](O)C2NC(C)=O)C(=O)C(O)COP(C)(=O)O)C(=O)CNC(=O)CCCCO[C@@H]2OC(CO)[C@H](O)[C@H](O)C2NC(C)=O)OC(CO)[C@H](O)[C@@H]1O. The molecule has 3 saturated heterocycles. The molecule has 0 aliphatic carbocycles. The smallest absolute Gasteiger partial charge is 0.325 e. The molecule has 0 spiro atoms. The van der Waals surface area contributed by atoms with Crippen molar-refractivity contribution >= 4 is 66.7 Å². The average Bonchev–Trinajstić information content (AvgIpc) is 0.823. The van der Waals surface area contributed by atoms with Gasteiger partial charge in [0.25, 0.3) is 5.91 Å². The standard InChI is InChI=1S/C58H103N10O29P/c1-33(72)64-46-52(85)49(82)37(29-69)95-56(46)91-23-8-5-14-40(76)61-26-43(79)59-17-11-19-67(45(81)28-63-42(78)16-7-10-25-93-58-48(66-35(3)74)54(87)51(84)39(31-71)97-58)21-13-22-68(55(88)36(75)32-94-98(4,89)90)20-12-18-60-44(80)27-62-41(77)15-6-9-24-92-57-47(65-34(2)73)53(86)50(83)38(30-70)96-57/h36-39,46-54,56-58,69-71,75,82-87H,5-32H2,1-4H3,(H,59,79)(H,60,80)(H,61,76)(H,62,77)(H,63,78)(H,64,72)(H,65,73)(H,66,74)(H,89,90)/t36?,37?,38?,39?,46?,47?,48?,49-,50-,51-,52+,53+,54+,56+,57+,58+/m0/s1. The molecule has 8 unspecified atom stereocenters. The number of unbranched alkanes of at least 4 members (excludes halogenated alkanes) is 3. The highest BCUT2D eigenvalue weighted by Crippen LogP contribution is 2.36. The lowest BCUT2D eigenvalue weighted by molar-refractivity contribution is -0.270. The van der Waals surface area contributed by atoms with E-state index in [0.717, 1.165) is 6.66 Å². The largest absolute Gasteiger partial charge is 0.394 e. The van der Waals surface area contributed by atoms with Crippen LogP contribution >= 0.6 is 7.60 Å². The summed E-state index contributed by atoms with van der Waals surface area (Å²) in [5, 5.41) is 122. The van der Waals surface area contributed by atoms with Gasteiger partial charge in [0, 0.05) is 106 Å². The molecule has 564 valence electrons. The Morgan fingerprint density at radius 1 is 0.449 bits per heavy atom. The lowest BCUT2D eigenvalue weighted by Crippen LogP contribution is -2.64. The molecule has 3 aliphatic rings. The molecule has 3 rings (SSSR count). The first-order valence-electron chi connectivity index (χ1n) is 32.5. The zero-order valence-electron chi connectivity index (χ0n) is 55.6. The maximum Gasteiger partial charge on any atom is 0.325 e. The fourth-order valence-electron chi connectivity index (χ4n) is 10.3. The number of rotatable bonds is 46. The Morgan fingerprint density at radius 2 is 0.776 bits per heavy atom. The van der Waals surface area contributed by atoms with Crippen LogP contribution in [0.1, 0.15) is 97.8 Å². The number of ether oxygens (including phenoxy) is 6. The van der Waals surface area contributed by atoms with E-state index >= 15 is 0 Å². The number of hydrogen-bond acceptors (Lipinski definition) is 28. The number of carbonyl (C=O) groups is 10. The molecule has 19 N–H and O–H groups in total. The van der Waals surface area contributed by atoms with Crippen molar-refractivity contribution in [3.63, 3.8) is 0 Å². The average molecular weight is 1440 g/mol. The first-order valence-corrected chi connectivity index (χ1v) is 34.5. The monoisotopic (exact) mass is 1430 g/mol. The van der Waals surface area contributed by atoms with Gasteiger partial charge in [-0.05, 0) is 57.8 Å². The fraction of sp³-hybridized carbons (Fsp3) is 0.828. The molecular weight excluding hydrogens is 1330 g/mol. The molecule has 0 aromatic rings. The summed E-state index contributed by atoms with van der Waals surface area (Å²) in [5.41, 5.74) is 0. The molecule has 40 heteroatoms. The minimum atomic E-state index is -4.15. The number of aliphatic hydroxyl groups excluding tert-OH is 10. The number of nitrogens with one attached hydrogen (secondary N) is 8. The number of nitrogens with zero attached hydrogens (tertiary/aromatic N) is 2. The van der Waals surface area contributed by atoms with Crippen molar-refractivity contribution in [2.24, 2.45) is 0 Å². The van der Waals surface area contributed by atoms with Gasteiger partial charge in [-0.25, -0.2) is 0 Å². The Balaban J connectivity index is 1.56. The summed E-state index contributed by atoms with van der Waals surface area (Å²) in [4.78, 5) is 138. The minimum absolute atomic E-state index is 0.00389. The van der Waals surface area contributed by atoms with Crippen LogP contribution < -0.4 is 42.5 Å². The third kappa shape index (κ3) is 32.2. The van der Waals surface area contributed by atoms with E-state index < -0.39 is 211 Å². The maximum atomic E-state index is 13.8. The summed E-state index contributed by atoms with van der Waals surface area (Å²) in [5.74, 6) is -5.81. The summed E-state index contributed by atoms with van der Waals surface area (Å²) in [7, 11) is -4.15. The molecule has 39 nitrogen and oxygen atoms in total. The van der Waals surface area contributed by atoms with Crippen molar-refractivity contribution < 1.29 is 141 Å². The fourth-order valence-corrected chi connectivity index (χ4v) is 10.7. The van der Waals surface area contributed by atoms with E-state index in [0.29, 0.717) is 12.8 Å². The molecule has 3 heterocycles. The van der Waals surface area contributed by atoms with E-state index in [2.05, 4.69) is 42.5 Å². The molecule has 3 fully saturated rings. The summed E-state index contributed by atoms with van der Waals surface area (Å²) in [6.07, 6.45) is -16.5. The lowest BCUT2D eigenvalue weighted by atomic mass is 9.97. The highest BCUT2D eigenvalue weighted by atomic mass is 31.2. The summed E-state index contributed by atoms with van der Waals surface area (Å²) in [6.45, 7) is -0.142. The van der Waals surface area contributed by atoms with E-state index in [-0.39, 0.29) is 123 Å². The van der Waals surface area contributed by atoms with Crippen molar-refractivity contribution in [1.29, 1.82) is 0 Å². The number of aliphatic hydroxyl groups is 10. The van der Waals surface area contributed by atoms with E-state index in [4.69, 9.17) is 32.9 Å². The van der Waals surface area contributed by atoms with Crippen LogP contribution in [0.15, 0.2) is 0 Å². The van der Waals surface area contributed by atoms with Gasteiger partial charge in [-0.3, -0.25) is 52.5 Å². The number of carbonyl (C=O) groups excluding carboxylic acids is 10. The Hall–Kier alpha value is -5.79. The van der Waals surface area contributed by atoms with Gasteiger partial charge in [0.05, 0.1) is 46.1 Å². The van der Waals surface area contributed by atoms with Gasteiger partial charge in [-0.2, -0.15) is 0 Å². The molecule has 17 atom stereocenters. The van der Waals surface area contributed by atoms with Crippen molar-refractivity contribution in [3.05, 3.63) is 0 Å². The molecule has 10 amide bonds. The Morgan fingerprint density at radius 3 is 1.11 bits per heavy atom. The van der Waals surface area contributed by atoms with E-state index in [1.165, 1.54) is 30.6 Å². The lowest BCUT2D eigenvalue weighted by Gasteiger charge is -2.42. The predicted molar refractivity (Wildman–Crippen MR) is 335 cm³/mol. The van der Waals surface area contributed by atoms with Crippen LogP contribution in [-0.2, 0) is 85.5 Å². The predicted octanol–water partition coefficient (Wildman–Crippen LogP) is -9.02. The summed E-state index contributed by atoms with van der Waals surface area (Å²) >= 11 is 0. The van der Waals surface area contributed by atoms with Crippen molar-refractivity contribution in [2.45, 2.75) is 196 Å². The van der Waals surface area contributed by atoms with Crippen molar-refractivity contribution in [3.8, 4) is 0 Å². The second kappa shape index (κ2) is 45.9. The molecule has 0 aromatic carbocycles. The minimum Gasteiger partial charge on any atom is -0.394 e. The molecule has 98 heavy (non-hydrogen) atoms. The molecule has 3 aliphatic heterocycles. The van der Waals surface area contributed by atoms with Crippen molar-refractivity contribution in [2.75, 3.05) is 112 Å². The molecular formula is C58H103N10O29P.